The van der Waals surface area contributed by atoms with Gasteiger partial charge in [0.25, 0.3) is 5.91 Å². The third-order valence-electron chi connectivity index (χ3n) is 1.76. The molecule has 0 bridgehead atoms. The molecule has 1 aromatic rings. The van der Waals surface area contributed by atoms with Gasteiger partial charge in [0.1, 0.15) is 10.6 Å². The summed E-state index contributed by atoms with van der Waals surface area (Å²) in [6.45, 7) is 0.802. The van der Waals surface area contributed by atoms with Crippen LogP contribution in [0, 0.1) is 0 Å². The van der Waals surface area contributed by atoms with Crippen molar-refractivity contribution in [3.05, 3.63) is 16.3 Å². The Morgan fingerprint density at radius 3 is 2.72 bits per heavy atom. The molecule has 0 saturated heterocycles. The van der Waals surface area contributed by atoms with Crippen LogP contribution in [0.1, 0.15) is 23.5 Å². The molecule has 0 saturated carbocycles. The van der Waals surface area contributed by atoms with Gasteiger partial charge in [-0.15, -0.1) is 23.7 Å². The van der Waals surface area contributed by atoms with Crippen LogP contribution in [0.15, 0.2) is 11.4 Å². The molecule has 1 rings (SSSR count). The van der Waals surface area contributed by atoms with Crippen molar-refractivity contribution in [1.82, 2.24) is 5.32 Å². The van der Waals surface area contributed by atoms with Crippen molar-refractivity contribution in [2.24, 2.45) is 5.73 Å². The van der Waals surface area contributed by atoms with E-state index in [0.717, 1.165) is 11.3 Å². The van der Waals surface area contributed by atoms with Crippen LogP contribution in [-0.2, 0) is 0 Å². The summed E-state index contributed by atoms with van der Waals surface area (Å²) in [5.74, 6) is -0.577. The lowest BCUT2D eigenvalue weighted by Crippen LogP contribution is -2.45. The molecule has 104 valence electrons. The van der Waals surface area contributed by atoms with Gasteiger partial charge in [0, 0.05) is 12.1 Å². The number of nitrogens with two attached hydrogens (primary N) is 1. The van der Waals surface area contributed by atoms with E-state index in [0.29, 0.717) is 0 Å². The van der Waals surface area contributed by atoms with Crippen molar-refractivity contribution in [3.8, 4) is 5.75 Å². The summed E-state index contributed by atoms with van der Waals surface area (Å²) < 4.78 is 28.3. The number of nitrogens with one attached hydrogen (secondary N) is 1. The van der Waals surface area contributed by atoms with E-state index >= 15 is 0 Å². The summed E-state index contributed by atoms with van der Waals surface area (Å²) in [6, 6.07) is 1.33. The highest BCUT2D eigenvalue weighted by Gasteiger charge is 2.19. The number of amides is 1. The number of alkyl halides is 2. The van der Waals surface area contributed by atoms with Gasteiger partial charge in [0.05, 0.1) is 0 Å². The Morgan fingerprint density at radius 1 is 1.61 bits per heavy atom. The van der Waals surface area contributed by atoms with Gasteiger partial charge in [-0.2, -0.15) is 8.78 Å². The lowest BCUT2D eigenvalue weighted by molar-refractivity contribution is -0.0498. The molecule has 0 radical (unpaired) electrons. The van der Waals surface area contributed by atoms with Crippen LogP contribution in [-0.4, -0.2) is 24.6 Å². The van der Waals surface area contributed by atoms with Crippen molar-refractivity contribution in [2.45, 2.75) is 26.0 Å². The van der Waals surface area contributed by atoms with E-state index in [1.165, 1.54) is 11.4 Å². The maximum absolute atomic E-state index is 12.0. The number of rotatable bonds is 5. The molecule has 0 atom stereocenters. The van der Waals surface area contributed by atoms with Crippen LogP contribution in [0.5, 0.6) is 5.75 Å². The summed E-state index contributed by atoms with van der Waals surface area (Å²) in [6.07, 6.45) is 0. The molecule has 3 N–H and O–H groups in total. The molecule has 1 amide bonds. The van der Waals surface area contributed by atoms with Gasteiger partial charge < -0.3 is 15.8 Å². The minimum atomic E-state index is -2.94. The molecule has 0 aliphatic heterocycles. The Balaban J connectivity index is 0.00000289. The number of hydrogen-bond acceptors (Lipinski definition) is 4. The maximum Gasteiger partial charge on any atom is 0.387 e. The highest BCUT2D eigenvalue weighted by Crippen LogP contribution is 2.26. The fourth-order valence-corrected chi connectivity index (χ4v) is 1.78. The number of halogens is 3. The Labute approximate surface area is 114 Å². The van der Waals surface area contributed by atoms with Gasteiger partial charge in [-0.3, -0.25) is 4.79 Å². The average molecular weight is 301 g/mol. The van der Waals surface area contributed by atoms with Crippen LogP contribution in [0.4, 0.5) is 8.78 Å². The summed E-state index contributed by atoms with van der Waals surface area (Å²) in [5.41, 5.74) is 5.13. The van der Waals surface area contributed by atoms with Gasteiger partial charge in [0.2, 0.25) is 0 Å². The molecule has 8 heteroatoms. The molecule has 0 spiro atoms. The summed E-state index contributed by atoms with van der Waals surface area (Å²) in [4.78, 5) is 11.8. The second-order valence-corrected chi connectivity index (χ2v) is 5.08. The van der Waals surface area contributed by atoms with Gasteiger partial charge in [-0.05, 0) is 25.3 Å². The average Bonchev–Trinajstić information content (AvgIpc) is 2.60. The smallest absolute Gasteiger partial charge is 0.387 e. The molecular weight excluding hydrogens is 286 g/mol. The number of carbonyl (C=O) groups excluding carboxylic acids is 1. The minimum absolute atomic E-state index is 0. The predicted molar refractivity (Wildman–Crippen MR) is 68.8 cm³/mol. The first-order chi connectivity index (χ1) is 7.79. The van der Waals surface area contributed by atoms with E-state index in [4.69, 9.17) is 5.73 Å². The summed E-state index contributed by atoms with van der Waals surface area (Å²) in [5, 5.41) is 4.07. The van der Waals surface area contributed by atoms with Gasteiger partial charge >= 0.3 is 6.61 Å². The molecule has 0 aliphatic rings. The lowest BCUT2D eigenvalue weighted by Gasteiger charge is -2.18. The Bertz CT molecular complexity index is 393. The molecule has 1 aromatic heterocycles. The van der Waals surface area contributed by atoms with Crippen molar-refractivity contribution in [2.75, 3.05) is 6.54 Å². The first-order valence-electron chi connectivity index (χ1n) is 4.89. The Hall–Kier alpha value is -0.920. The van der Waals surface area contributed by atoms with Crippen molar-refractivity contribution < 1.29 is 18.3 Å². The molecular formula is C10H15ClF2N2O2S. The predicted octanol–water partition coefficient (Wildman–Crippen LogP) is 2.24. The topological polar surface area (TPSA) is 64.3 Å². The minimum Gasteiger partial charge on any atom is -0.433 e. The maximum atomic E-state index is 12.0. The third-order valence-corrected chi connectivity index (χ3v) is 2.65. The van der Waals surface area contributed by atoms with Gasteiger partial charge in [-0.25, -0.2) is 0 Å². The van der Waals surface area contributed by atoms with E-state index in [1.807, 2.05) is 0 Å². The summed E-state index contributed by atoms with van der Waals surface area (Å²) >= 11 is 1.04. The van der Waals surface area contributed by atoms with Crippen LogP contribution in [0.25, 0.3) is 0 Å². The highest BCUT2D eigenvalue weighted by atomic mass is 35.5. The molecule has 4 nitrogen and oxygen atoms in total. The molecule has 0 aromatic carbocycles. The molecule has 18 heavy (non-hydrogen) atoms. The first-order valence-corrected chi connectivity index (χ1v) is 5.77. The molecule has 1 heterocycles. The van der Waals surface area contributed by atoms with Crippen molar-refractivity contribution in [3.63, 3.8) is 0 Å². The monoisotopic (exact) mass is 300 g/mol. The Kier molecular flexibility index (Phi) is 6.51. The highest BCUT2D eigenvalue weighted by molar-refractivity contribution is 7.12. The van der Waals surface area contributed by atoms with E-state index in [-0.39, 0.29) is 29.6 Å². The number of hydrogen-bond donors (Lipinski definition) is 2. The van der Waals surface area contributed by atoms with Crippen molar-refractivity contribution >= 4 is 29.7 Å². The van der Waals surface area contributed by atoms with E-state index in [1.54, 1.807) is 13.8 Å². The number of ether oxygens (including phenoxy) is 1. The van der Waals surface area contributed by atoms with E-state index in [2.05, 4.69) is 10.1 Å². The second-order valence-electron chi connectivity index (χ2n) is 4.16. The largest absolute Gasteiger partial charge is 0.433 e. The summed E-state index contributed by atoms with van der Waals surface area (Å²) in [7, 11) is 0. The van der Waals surface area contributed by atoms with Crippen molar-refractivity contribution in [1.29, 1.82) is 0 Å². The lowest BCUT2D eigenvalue weighted by atomic mass is 10.1. The third kappa shape index (κ3) is 5.61. The standard InChI is InChI=1S/C10H14F2N2O2S.ClH/c1-10(2,13)5-14-8(15)7-6(3-4-17-7)16-9(11)12;/h3-4,9H,5,13H2,1-2H3,(H,14,15);1H. The SMILES string of the molecule is CC(C)(N)CNC(=O)c1sccc1OC(F)F.Cl. The molecule has 0 aliphatic carbocycles. The molecule has 0 unspecified atom stereocenters. The van der Waals surface area contributed by atoms with Crippen LogP contribution in [0.3, 0.4) is 0 Å². The van der Waals surface area contributed by atoms with Crippen LogP contribution in [0.2, 0.25) is 0 Å². The van der Waals surface area contributed by atoms with Crippen LogP contribution >= 0.6 is 23.7 Å². The zero-order valence-corrected chi connectivity index (χ0v) is 11.5. The fourth-order valence-electron chi connectivity index (χ4n) is 1.04. The quantitative estimate of drug-likeness (QED) is 0.876. The zero-order valence-electron chi connectivity index (χ0n) is 9.91. The number of carbonyl (C=O) groups is 1. The van der Waals surface area contributed by atoms with Gasteiger partial charge in [-0.1, -0.05) is 0 Å². The second kappa shape index (κ2) is 6.86. The van der Waals surface area contributed by atoms with E-state index < -0.39 is 18.1 Å². The first kappa shape index (κ1) is 17.1. The Morgan fingerprint density at radius 2 is 2.22 bits per heavy atom. The molecule has 0 fully saturated rings. The fraction of sp³-hybridized carbons (Fsp3) is 0.500. The van der Waals surface area contributed by atoms with E-state index in [9.17, 15) is 13.6 Å². The van der Waals surface area contributed by atoms with Crippen LogP contribution < -0.4 is 15.8 Å². The zero-order chi connectivity index (χ0) is 13.1. The number of thiophene rings is 1. The van der Waals surface area contributed by atoms with Gasteiger partial charge in [0.15, 0.2) is 0 Å². The normalized spacial score (nSPS) is 11.0.